The number of alkyl halides is 3. The van der Waals surface area contributed by atoms with E-state index in [2.05, 4.69) is 16.8 Å². The molecule has 0 saturated carbocycles. The number of carbonyl (C=O) groups is 2. The Kier molecular flexibility index (Phi) is 8.94. The molecule has 1 amide bonds. The van der Waals surface area contributed by atoms with Crippen molar-refractivity contribution in [1.82, 2.24) is 4.98 Å². The second kappa shape index (κ2) is 12.5. The van der Waals surface area contributed by atoms with Crippen LogP contribution in [0.1, 0.15) is 84.0 Å². The van der Waals surface area contributed by atoms with Crippen LogP contribution in [0.4, 0.5) is 18.9 Å². The molecule has 5 rings (SSSR count). The molecule has 2 atom stereocenters. The normalized spacial score (nSPS) is 18.1. The number of fused-ring (bicyclic) bond motifs is 3. The number of aromatic nitrogens is 1. The monoisotopic (exact) mass is 596 g/mol. The van der Waals surface area contributed by atoms with E-state index in [1.807, 2.05) is 30.3 Å². The molecule has 6 nitrogen and oxygen atoms in total. The van der Waals surface area contributed by atoms with E-state index in [-0.39, 0.29) is 28.3 Å². The van der Waals surface area contributed by atoms with Crippen LogP contribution in [0, 0.1) is 0 Å². The molecule has 2 heterocycles. The van der Waals surface area contributed by atoms with E-state index in [0.29, 0.717) is 24.2 Å². The fourth-order valence-corrected chi connectivity index (χ4v) is 7.15. The molecule has 2 unspecified atom stereocenters. The highest BCUT2D eigenvalue weighted by molar-refractivity contribution is 7.99. The lowest BCUT2D eigenvalue weighted by molar-refractivity contribution is -0.129. The van der Waals surface area contributed by atoms with Gasteiger partial charge in [-0.05, 0) is 78.1 Å². The van der Waals surface area contributed by atoms with Crippen molar-refractivity contribution in [2.24, 2.45) is 11.5 Å². The second-order valence-corrected chi connectivity index (χ2v) is 12.0. The number of nitrogens with two attached hydrogens (primary N) is 2. The standard InChI is InChI=1S/C32H35F3N4O2S/c1-2-3-9-21-26-23(19-10-4-5-11-20(19)27(26)30(37)41)18-24(28(21)39-16-7-6-13-25(39)36)29(40)22-12-8-15-38-31(22)42-17-14-32(33,34)35/h4-5,8,10-12,15,18,25,27H,2-3,6-7,9,13-14,16-17,36H2,1H3,(H2,37,41). The number of piperidine rings is 1. The number of benzene rings is 2. The number of pyridine rings is 1. The smallest absolute Gasteiger partial charge is 0.369 e. The predicted molar refractivity (Wildman–Crippen MR) is 160 cm³/mol. The Morgan fingerprint density at radius 2 is 1.88 bits per heavy atom. The lowest BCUT2D eigenvalue weighted by atomic mass is 9.84. The zero-order valence-corrected chi connectivity index (χ0v) is 24.4. The number of hydrogen-bond acceptors (Lipinski definition) is 6. The summed E-state index contributed by atoms with van der Waals surface area (Å²) >= 11 is 0.924. The van der Waals surface area contributed by atoms with Crippen molar-refractivity contribution in [2.45, 2.75) is 75.2 Å². The summed E-state index contributed by atoms with van der Waals surface area (Å²) in [5.41, 5.74) is 18.2. The number of ketones is 1. The third-order valence-corrected chi connectivity index (χ3v) is 9.09. The van der Waals surface area contributed by atoms with Gasteiger partial charge in [-0.3, -0.25) is 9.59 Å². The highest BCUT2D eigenvalue weighted by atomic mass is 32.2. The van der Waals surface area contributed by atoms with Crippen LogP contribution in [0.2, 0.25) is 0 Å². The minimum absolute atomic E-state index is 0.246. The minimum atomic E-state index is -4.30. The Hall–Kier alpha value is -3.37. The summed E-state index contributed by atoms with van der Waals surface area (Å²) in [6.45, 7) is 2.73. The molecule has 222 valence electrons. The summed E-state index contributed by atoms with van der Waals surface area (Å²) in [5, 5.41) is 0.256. The van der Waals surface area contributed by atoms with Crippen LogP contribution < -0.4 is 16.4 Å². The van der Waals surface area contributed by atoms with Crippen molar-refractivity contribution in [3.05, 3.63) is 76.5 Å². The lowest BCUT2D eigenvalue weighted by Gasteiger charge is -2.38. The Morgan fingerprint density at radius 1 is 1.10 bits per heavy atom. The SMILES string of the molecule is CCCCc1c2c(cc(C(=O)c3cccnc3SCCC(F)(F)F)c1N1CCCCC1N)-c1ccccc1C2C(N)=O. The zero-order valence-electron chi connectivity index (χ0n) is 23.5. The van der Waals surface area contributed by atoms with E-state index in [0.717, 1.165) is 71.7 Å². The Morgan fingerprint density at radius 3 is 2.60 bits per heavy atom. The Bertz CT molecular complexity index is 1490. The van der Waals surface area contributed by atoms with Crippen molar-refractivity contribution < 1.29 is 22.8 Å². The number of anilines is 1. The quantitative estimate of drug-likeness (QED) is 0.203. The third kappa shape index (κ3) is 5.92. The molecule has 1 aromatic heterocycles. The Labute approximate surface area is 248 Å². The maximum Gasteiger partial charge on any atom is 0.389 e. The highest BCUT2D eigenvalue weighted by Gasteiger charge is 2.39. The fourth-order valence-electron chi connectivity index (χ4n) is 6.17. The van der Waals surface area contributed by atoms with Gasteiger partial charge in [-0.15, -0.1) is 11.8 Å². The number of unbranched alkanes of at least 4 members (excludes halogenated alkanes) is 1. The van der Waals surface area contributed by atoms with E-state index >= 15 is 0 Å². The van der Waals surface area contributed by atoms with Gasteiger partial charge >= 0.3 is 6.18 Å². The number of halogens is 3. The number of primary amides is 1. The van der Waals surface area contributed by atoms with Crippen LogP contribution in [0.25, 0.3) is 11.1 Å². The lowest BCUT2D eigenvalue weighted by Crippen LogP contribution is -2.46. The van der Waals surface area contributed by atoms with Crippen molar-refractivity contribution in [3.63, 3.8) is 0 Å². The van der Waals surface area contributed by atoms with Gasteiger partial charge in [-0.1, -0.05) is 37.6 Å². The molecule has 1 saturated heterocycles. The first kappa shape index (κ1) is 30.1. The van der Waals surface area contributed by atoms with Crippen LogP contribution in [0.5, 0.6) is 0 Å². The van der Waals surface area contributed by atoms with E-state index in [1.54, 1.807) is 12.1 Å². The first-order valence-corrected chi connectivity index (χ1v) is 15.4. The molecule has 42 heavy (non-hydrogen) atoms. The first-order valence-electron chi connectivity index (χ1n) is 14.4. The summed E-state index contributed by atoms with van der Waals surface area (Å²) in [6, 6.07) is 12.7. The molecule has 1 aliphatic heterocycles. The van der Waals surface area contributed by atoms with Crippen molar-refractivity contribution in [1.29, 1.82) is 0 Å². The Balaban J connectivity index is 1.74. The summed E-state index contributed by atoms with van der Waals surface area (Å²) in [7, 11) is 0. The number of rotatable bonds is 10. The molecule has 0 bridgehead atoms. The molecule has 10 heteroatoms. The summed E-state index contributed by atoms with van der Waals surface area (Å²) in [5.74, 6) is -1.68. The molecule has 3 aromatic rings. The molecular weight excluding hydrogens is 561 g/mol. The first-order chi connectivity index (χ1) is 20.1. The van der Waals surface area contributed by atoms with E-state index in [1.165, 1.54) is 6.20 Å². The fraction of sp³-hybridized carbons (Fsp3) is 0.406. The molecule has 0 radical (unpaired) electrons. The summed E-state index contributed by atoms with van der Waals surface area (Å²) in [6.07, 6.45) is 0.835. The number of hydrogen-bond donors (Lipinski definition) is 2. The van der Waals surface area contributed by atoms with Crippen LogP contribution >= 0.6 is 11.8 Å². The minimum Gasteiger partial charge on any atom is -0.369 e. The van der Waals surface area contributed by atoms with Gasteiger partial charge in [0.25, 0.3) is 0 Å². The van der Waals surface area contributed by atoms with Gasteiger partial charge in [0, 0.05) is 24.1 Å². The second-order valence-electron chi connectivity index (χ2n) is 10.9. The predicted octanol–water partition coefficient (Wildman–Crippen LogP) is 6.57. The largest absolute Gasteiger partial charge is 0.389 e. The number of amides is 1. The third-order valence-electron chi connectivity index (χ3n) is 8.08. The van der Waals surface area contributed by atoms with Crippen LogP contribution in [0.3, 0.4) is 0 Å². The van der Waals surface area contributed by atoms with Gasteiger partial charge in [-0.2, -0.15) is 13.2 Å². The van der Waals surface area contributed by atoms with Crippen LogP contribution in [-0.4, -0.2) is 41.3 Å². The van der Waals surface area contributed by atoms with Gasteiger partial charge in [0.2, 0.25) is 5.91 Å². The average Bonchev–Trinajstić information content (AvgIpc) is 3.30. The van der Waals surface area contributed by atoms with Gasteiger partial charge < -0.3 is 16.4 Å². The van der Waals surface area contributed by atoms with Crippen LogP contribution in [0.15, 0.2) is 53.7 Å². The van der Waals surface area contributed by atoms with Gasteiger partial charge in [0.1, 0.15) is 5.03 Å². The van der Waals surface area contributed by atoms with Crippen molar-refractivity contribution >= 4 is 29.1 Å². The van der Waals surface area contributed by atoms with E-state index in [4.69, 9.17) is 11.5 Å². The maximum absolute atomic E-state index is 14.5. The molecule has 4 N–H and O–H groups in total. The molecular formula is C32H35F3N4O2S. The molecule has 2 aromatic carbocycles. The molecule has 1 aliphatic carbocycles. The average molecular weight is 597 g/mol. The van der Waals surface area contributed by atoms with E-state index in [9.17, 15) is 22.8 Å². The van der Waals surface area contributed by atoms with Gasteiger partial charge in [-0.25, -0.2) is 4.98 Å². The molecule has 1 fully saturated rings. The van der Waals surface area contributed by atoms with Crippen molar-refractivity contribution in [3.8, 4) is 11.1 Å². The summed E-state index contributed by atoms with van der Waals surface area (Å²) < 4.78 is 38.7. The number of thioether (sulfide) groups is 1. The van der Waals surface area contributed by atoms with E-state index < -0.39 is 24.4 Å². The van der Waals surface area contributed by atoms with Crippen LogP contribution in [-0.2, 0) is 11.2 Å². The van der Waals surface area contributed by atoms with Crippen molar-refractivity contribution in [2.75, 3.05) is 17.2 Å². The molecule has 2 aliphatic rings. The summed E-state index contributed by atoms with van der Waals surface area (Å²) in [4.78, 5) is 33.9. The highest BCUT2D eigenvalue weighted by Crippen LogP contribution is 2.51. The number of nitrogens with zero attached hydrogens (tertiary/aromatic N) is 2. The maximum atomic E-state index is 14.5. The zero-order chi connectivity index (χ0) is 30.0. The number of carbonyl (C=O) groups excluding carboxylic acids is 2. The molecule has 0 spiro atoms. The van der Waals surface area contributed by atoms with Gasteiger partial charge in [0.05, 0.1) is 29.8 Å². The van der Waals surface area contributed by atoms with Gasteiger partial charge in [0.15, 0.2) is 5.78 Å². The topological polar surface area (TPSA) is 102 Å².